The fraction of sp³-hybridized carbons (Fsp3) is 0.500. The topological polar surface area (TPSA) is 78.9 Å². The third-order valence-electron chi connectivity index (χ3n) is 2.89. The van der Waals surface area contributed by atoms with Crippen LogP contribution in [0.3, 0.4) is 0 Å². The first-order chi connectivity index (χ1) is 7.20. The predicted molar refractivity (Wildman–Crippen MR) is 59.1 cm³/mol. The van der Waals surface area contributed by atoms with Gasteiger partial charge in [-0.1, -0.05) is 0 Å². The molecule has 0 aromatic carbocycles. The van der Waals surface area contributed by atoms with Gasteiger partial charge in [-0.3, -0.25) is 5.41 Å². The molecule has 0 aliphatic heterocycles. The zero-order valence-electron chi connectivity index (χ0n) is 8.77. The summed E-state index contributed by atoms with van der Waals surface area (Å²) in [4.78, 5) is 10.4. The van der Waals surface area contributed by atoms with E-state index in [1.54, 1.807) is 12.4 Å². The molecule has 0 unspecified atom stereocenters. The van der Waals surface area contributed by atoms with Crippen LogP contribution in [-0.2, 0) is 0 Å². The lowest BCUT2D eigenvalue weighted by Crippen LogP contribution is -2.39. The van der Waals surface area contributed by atoms with Gasteiger partial charge in [-0.25, -0.2) is 9.97 Å². The first kappa shape index (κ1) is 9.89. The minimum atomic E-state index is -0.0238. The lowest BCUT2D eigenvalue weighted by Gasteiger charge is -2.35. The van der Waals surface area contributed by atoms with Crippen molar-refractivity contribution in [3.63, 3.8) is 0 Å². The van der Waals surface area contributed by atoms with Crippen molar-refractivity contribution in [1.82, 2.24) is 9.97 Å². The molecule has 5 heteroatoms. The third-order valence-corrected chi connectivity index (χ3v) is 2.89. The molecule has 0 spiro atoms. The molecule has 0 radical (unpaired) electrons. The van der Waals surface area contributed by atoms with E-state index >= 15 is 0 Å². The predicted octanol–water partition coefficient (Wildman–Crippen LogP) is 0.749. The van der Waals surface area contributed by atoms with Gasteiger partial charge in [0.1, 0.15) is 11.5 Å². The summed E-state index contributed by atoms with van der Waals surface area (Å²) in [6, 6.07) is 0.528. The van der Waals surface area contributed by atoms with Gasteiger partial charge < -0.3 is 10.6 Å². The Hall–Kier alpha value is -1.65. The average Bonchev–Trinajstić information content (AvgIpc) is 2.15. The van der Waals surface area contributed by atoms with E-state index in [0.717, 1.165) is 5.82 Å². The van der Waals surface area contributed by atoms with Crippen molar-refractivity contribution in [2.45, 2.75) is 25.3 Å². The molecule has 80 valence electrons. The van der Waals surface area contributed by atoms with Crippen LogP contribution in [0.25, 0.3) is 0 Å². The highest BCUT2D eigenvalue weighted by atomic mass is 15.2. The van der Waals surface area contributed by atoms with E-state index in [2.05, 4.69) is 14.9 Å². The van der Waals surface area contributed by atoms with E-state index in [4.69, 9.17) is 11.1 Å². The maximum Gasteiger partial charge on any atom is 0.158 e. The van der Waals surface area contributed by atoms with Gasteiger partial charge in [0.25, 0.3) is 0 Å². The standard InChI is InChI=1S/C10H15N5/c1-15(7-3-2-4-7)10-8(9(11)12)13-5-6-14-10/h5-7H,2-4H2,1H3,(H3,11,12). The number of nitrogens with two attached hydrogens (primary N) is 1. The summed E-state index contributed by atoms with van der Waals surface area (Å²) in [5.41, 5.74) is 5.94. The van der Waals surface area contributed by atoms with Crippen LogP contribution in [0.1, 0.15) is 25.0 Å². The van der Waals surface area contributed by atoms with E-state index < -0.39 is 0 Å². The number of amidine groups is 1. The summed E-state index contributed by atoms with van der Waals surface area (Å²) in [5, 5.41) is 7.43. The second kappa shape index (κ2) is 3.84. The first-order valence-corrected chi connectivity index (χ1v) is 5.08. The minimum Gasteiger partial charge on any atom is -0.382 e. The van der Waals surface area contributed by atoms with Crippen molar-refractivity contribution in [3.05, 3.63) is 18.1 Å². The van der Waals surface area contributed by atoms with Gasteiger partial charge in [0, 0.05) is 25.5 Å². The van der Waals surface area contributed by atoms with Crippen LogP contribution in [0.2, 0.25) is 0 Å². The van der Waals surface area contributed by atoms with E-state index in [0.29, 0.717) is 11.7 Å². The Morgan fingerprint density at radius 3 is 2.67 bits per heavy atom. The van der Waals surface area contributed by atoms with E-state index in [1.807, 2.05) is 7.05 Å². The van der Waals surface area contributed by atoms with Gasteiger partial charge in [0.2, 0.25) is 0 Å². The number of hydrogen-bond donors (Lipinski definition) is 2. The summed E-state index contributed by atoms with van der Waals surface area (Å²) in [6.45, 7) is 0. The number of aromatic nitrogens is 2. The summed E-state index contributed by atoms with van der Waals surface area (Å²) in [6.07, 6.45) is 6.84. The van der Waals surface area contributed by atoms with Crippen LogP contribution < -0.4 is 10.6 Å². The quantitative estimate of drug-likeness (QED) is 0.563. The Morgan fingerprint density at radius 2 is 2.13 bits per heavy atom. The van der Waals surface area contributed by atoms with Gasteiger partial charge in [-0.2, -0.15) is 0 Å². The van der Waals surface area contributed by atoms with Crippen LogP contribution in [0.15, 0.2) is 12.4 Å². The fourth-order valence-corrected chi connectivity index (χ4v) is 1.73. The second-order valence-corrected chi connectivity index (χ2v) is 3.84. The van der Waals surface area contributed by atoms with Crippen LogP contribution >= 0.6 is 0 Å². The largest absolute Gasteiger partial charge is 0.382 e. The summed E-state index contributed by atoms with van der Waals surface area (Å²) < 4.78 is 0. The Bertz CT molecular complexity index is 372. The molecular formula is C10H15N5. The Labute approximate surface area is 88.8 Å². The highest BCUT2D eigenvalue weighted by molar-refractivity contribution is 5.97. The Kier molecular flexibility index (Phi) is 2.53. The number of rotatable bonds is 3. The van der Waals surface area contributed by atoms with Crippen LogP contribution in [0.5, 0.6) is 0 Å². The normalized spacial score (nSPS) is 15.8. The molecule has 0 atom stereocenters. The van der Waals surface area contributed by atoms with Crippen LogP contribution in [0.4, 0.5) is 5.82 Å². The molecule has 1 aromatic rings. The fourth-order valence-electron chi connectivity index (χ4n) is 1.73. The number of nitrogens with one attached hydrogen (secondary N) is 1. The molecule has 0 saturated heterocycles. The average molecular weight is 205 g/mol. The van der Waals surface area contributed by atoms with Crippen molar-refractivity contribution < 1.29 is 0 Å². The molecule has 3 N–H and O–H groups in total. The van der Waals surface area contributed by atoms with Crippen molar-refractivity contribution in [1.29, 1.82) is 5.41 Å². The van der Waals surface area contributed by atoms with Crippen LogP contribution in [-0.4, -0.2) is 28.9 Å². The second-order valence-electron chi connectivity index (χ2n) is 3.84. The molecule has 1 fully saturated rings. The van der Waals surface area contributed by atoms with Crippen molar-refractivity contribution in [3.8, 4) is 0 Å². The number of nitrogen functional groups attached to an aromatic ring is 1. The molecule has 1 saturated carbocycles. The molecule has 5 nitrogen and oxygen atoms in total. The van der Waals surface area contributed by atoms with Crippen molar-refractivity contribution >= 4 is 11.7 Å². The maximum atomic E-state index is 7.43. The molecule has 1 heterocycles. The molecule has 1 aliphatic carbocycles. The molecule has 0 amide bonds. The highest BCUT2D eigenvalue weighted by Crippen LogP contribution is 2.27. The Balaban J connectivity index is 2.29. The lowest BCUT2D eigenvalue weighted by atomic mass is 9.92. The lowest BCUT2D eigenvalue weighted by molar-refractivity contribution is 0.399. The first-order valence-electron chi connectivity index (χ1n) is 5.08. The third kappa shape index (κ3) is 1.77. The molecule has 15 heavy (non-hydrogen) atoms. The van der Waals surface area contributed by atoms with Crippen molar-refractivity contribution in [2.75, 3.05) is 11.9 Å². The minimum absolute atomic E-state index is 0.0238. The number of nitrogens with zero attached hydrogens (tertiary/aromatic N) is 3. The zero-order chi connectivity index (χ0) is 10.8. The number of hydrogen-bond acceptors (Lipinski definition) is 4. The SMILES string of the molecule is CN(c1nccnc1C(=N)N)C1CCC1. The molecule has 1 aliphatic rings. The van der Waals surface area contributed by atoms with Crippen molar-refractivity contribution in [2.24, 2.45) is 5.73 Å². The smallest absolute Gasteiger partial charge is 0.158 e. The van der Waals surface area contributed by atoms with E-state index in [-0.39, 0.29) is 5.84 Å². The van der Waals surface area contributed by atoms with E-state index in [1.165, 1.54) is 19.3 Å². The van der Waals surface area contributed by atoms with Gasteiger partial charge >= 0.3 is 0 Å². The summed E-state index contributed by atoms with van der Waals surface area (Å²) in [7, 11) is 1.99. The molecule has 2 rings (SSSR count). The van der Waals surface area contributed by atoms with E-state index in [9.17, 15) is 0 Å². The number of anilines is 1. The zero-order valence-corrected chi connectivity index (χ0v) is 8.77. The van der Waals surface area contributed by atoms with Gasteiger partial charge in [0.05, 0.1) is 0 Å². The van der Waals surface area contributed by atoms with Crippen LogP contribution in [0, 0.1) is 5.41 Å². The summed E-state index contributed by atoms with van der Waals surface area (Å²) >= 11 is 0. The Morgan fingerprint density at radius 1 is 1.47 bits per heavy atom. The van der Waals surface area contributed by atoms with Gasteiger partial charge in [0.15, 0.2) is 5.82 Å². The van der Waals surface area contributed by atoms with Gasteiger partial charge in [-0.15, -0.1) is 0 Å². The monoisotopic (exact) mass is 205 g/mol. The molecular weight excluding hydrogens is 190 g/mol. The molecule has 1 aromatic heterocycles. The highest BCUT2D eigenvalue weighted by Gasteiger charge is 2.25. The molecule has 0 bridgehead atoms. The summed E-state index contributed by atoms with van der Waals surface area (Å²) in [5.74, 6) is 0.693. The van der Waals surface area contributed by atoms with Gasteiger partial charge in [-0.05, 0) is 19.3 Å². The maximum absolute atomic E-state index is 7.43.